The molecule has 0 aromatic carbocycles. The monoisotopic (exact) mass is 257 g/mol. The molecule has 3 rings (SSSR count). The second-order valence-corrected chi connectivity index (χ2v) is 3.70. The van der Waals surface area contributed by atoms with E-state index in [-0.39, 0.29) is 5.95 Å². The zero-order valence-corrected chi connectivity index (χ0v) is 9.95. The van der Waals surface area contributed by atoms with Gasteiger partial charge in [0, 0.05) is 6.54 Å². The third kappa shape index (κ3) is 1.99. The van der Waals surface area contributed by atoms with Crippen molar-refractivity contribution in [3.63, 3.8) is 0 Å². The van der Waals surface area contributed by atoms with Crippen molar-refractivity contribution in [3.05, 3.63) is 31.1 Å². The van der Waals surface area contributed by atoms with Crippen LogP contribution in [0.2, 0.25) is 0 Å². The summed E-state index contributed by atoms with van der Waals surface area (Å²) in [5.41, 5.74) is 5.81. The Bertz CT molecular complexity index is 716. The standard InChI is InChI=1S/C11H11N7O/c1-2-5-13-10-15-9(12)18-11(16-10)14-8(17-18)7-4-3-6-19-7/h2-4,6H,1,5H2,(H3,12,13,14,15,16,17). The first-order valence-corrected chi connectivity index (χ1v) is 5.57. The smallest absolute Gasteiger partial charge is 0.259 e. The van der Waals surface area contributed by atoms with Crippen molar-refractivity contribution in [1.82, 2.24) is 24.6 Å². The van der Waals surface area contributed by atoms with E-state index < -0.39 is 0 Å². The Labute approximate surface area is 108 Å². The minimum Gasteiger partial charge on any atom is -0.461 e. The lowest BCUT2D eigenvalue weighted by Crippen LogP contribution is -2.09. The average Bonchev–Trinajstić information content (AvgIpc) is 3.04. The molecule has 0 fully saturated rings. The number of nitrogens with two attached hydrogens (primary N) is 1. The fourth-order valence-corrected chi connectivity index (χ4v) is 1.56. The fraction of sp³-hybridized carbons (Fsp3) is 0.0909. The van der Waals surface area contributed by atoms with E-state index in [1.54, 1.807) is 24.5 Å². The summed E-state index contributed by atoms with van der Waals surface area (Å²) in [6.45, 7) is 4.14. The van der Waals surface area contributed by atoms with Crippen molar-refractivity contribution in [1.29, 1.82) is 0 Å². The zero-order chi connectivity index (χ0) is 13.2. The molecule has 0 bridgehead atoms. The first kappa shape index (κ1) is 11.2. The molecule has 0 saturated carbocycles. The van der Waals surface area contributed by atoms with Crippen molar-refractivity contribution >= 4 is 17.7 Å². The van der Waals surface area contributed by atoms with E-state index in [0.717, 1.165) is 0 Å². The molecule has 3 aromatic heterocycles. The molecule has 0 amide bonds. The van der Waals surface area contributed by atoms with E-state index >= 15 is 0 Å². The van der Waals surface area contributed by atoms with Crippen LogP contribution < -0.4 is 11.1 Å². The fourth-order valence-electron chi connectivity index (χ4n) is 1.56. The van der Waals surface area contributed by atoms with Crippen molar-refractivity contribution < 1.29 is 4.42 Å². The lowest BCUT2D eigenvalue weighted by Gasteiger charge is -2.02. The number of nitrogens with zero attached hydrogens (tertiary/aromatic N) is 5. The van der Waals surface area contributed by atoms with Gasteiger partial charge < -0.3 is 15.5 Å². The molecule has 0 aliphatic heterocycles. The topological polar surface area (TPSA) is 107 Å². The van der Waals surface area contributed by atoms with Crippen LogP contribution in [0.5, 0.6) is 0 Å². The van der Waals surface area contributed by atoms with E-state index in [1.807, 2.05) is 0 Å². The van der Waals surface area contributed by atoms with Gasteiger partial charge in [-0.25, -0.2) is 0 Å². The summed E-state index contributed by atoms with van der Waals surface area (Å²) in [6.07, 6.45) is 3.25. The molecule has 0 unspecified atom stereocenters. The van der Waals surface area contributed by atoms with Gasteiger partial charge in [0.15, 0.2) is 5.76 Å². The maximum atomic E-state index is 5.81. The number of fused-ring (bicyclic) bond motifs is 1. The Balaban J connectivity index is 2.07. The van der Waals surface area contributed by atoms with Crippen molar-refractivity contribution in [2.75, 3.05) is 17.6 Å². The highest BCUT2D eigenvalue weighted by Crippen LogP contribution is 2.17. The SMILES string of the molecule is C=CCNc1nc(N)n2nc(-c3ccco3)nc2n1. The first-order valence-electron chi connectivity index (χ1n) is 5.57. The summed E-state index contributed by atoms with van der Waals surface area (Å²) >= 11 is 0. The Morgan fingerprint density at radius 1 is 1.42 bits per heavy atom. The highest BCUT2D eigenvalue weighted by Gasteiger charge is 2.13. The molecule has 3 heterocycles. The molecule has 0 saturated heterocycles. The number of nitrogen functional groups attached to an aromatic ring is 1. The predicted molar refractivity (Wildman–Crippen MR) is 69.4 cm³/mol. The van der Waals surface area contributed by atoms with Crippen LogP contribution in [-0.4, -0.2) is 31.1 Å². The summed E-state index contributed by atoms with van der Waals surface area (Å²) in [5.74, 6) is 1.88. The Hall–Kier alpha value is -2.90. The van der Waals surface area contributed by atoms with Crippen molar-refractivity contribution in [2.45, 2.75) is 0 Å². The largest absolute Gasteiger partial charge is 0.461 e. The predicted octanol–water partition coefficient (Wildman–Crippen LogP) is 0.959. The van der Waals surface area contributed by atoms with Crippen LogP contribution >= 0.6 is 0 Å². The molecule has 0 radical (unpaired) electrons. The molecule has 3 N–H and O–H groups in total. The molecule has 8 nitrogen and oxygen atoms in total. The van der Waals surface area contributed by atoms with Crippen LogP contribution in [0.3, 0.4) is 0 Å². The molecule has 8 heteroatoms. The van der Waals surface area contributed by atoms with Gasteiger partial charge in [0.05, 0.1) is 6.26 Å². The Kier molecular flexibility index (Phi) is 2.60. The van der Waals surface area contributed by atoms with Crippen LogP contribution in [0.15, 0.2) is 35.5 Å². The molecule has 0 atom stereocenters. The van der Waals surface area contributed by atoms with Crippen LogP contribution in [0.1, 0.15) is 0 Å². The molecule has 3 aromatic rings. The van der Waals surface area contributed by atoms with Gasteiger partial charge in [0.25, 0.3) is 5.78 Å². The highest BCUT2D eigenvalue weighted by molar-refractivity contribution is 5.52. The molecule has 19 heavy (non-hydrogen) atoms. The van der Waals surface area contributed by atoms with E-state index in [9.17, 15) is 0 Å². The van der Waals surface area contributed by atoms with Gasteiger partial charge >= 0.3 is 0 Å². The van der Waals surface area contributed by atoms with Gasteiger partial charge in [-0.1, -0.05) is 6.08 Å². The van der Waals surface area contributed by atoms with Crippen LogP contribution in [-0.2, 0) is 0 Å². The van der Waals surface area contributed by atoms with E-state index in [0.29, 0.717) is 29.9 Å². The molecule has 96 valence electrons. The second kappa shape index (κ2) is 4.41. The van der Waals surface area contributed by atoms with Crippen LogP contribution in [0, 0.1) is 0 Å². The maximum absolute atomic E-state index is 5.81. The first-order chi connectivity index (χ1) is 9.28. The molecular formula is C11H11N7O. The van der Waals surface area contributed by atoms with Gasteiger partial charge in [-0.15, -0.1) is 11.7 Å². The molecule has 0 aliphatic rings. The Morgan fingerprint density at radius 2 is 2.32 bits per heavy atom. The van der Waals surface area contributed by atoms with Gasteiger partial charge in [0.2, 0.25) is 17.7 Å². The van der Waals surface area contributed by atoms with Crippen LogP contribution in [0.4, 0.5) is 11.9 Å². The number of nitrogens with one attached hydrogen (secondary N) is 1. The third-order valence-corrected chi connectivity index (χ3v) is 2.38. The molecule has 0 spiro atoms. The highest BCUT2D eigenvalue weighted by atomic mass is 16.3. The summed E-state index contributed by atoms with van der Waals surface area (Å²) < 4.78 is 6.59. The lowest BCUT2D eigenvalue weighted by molar-refractivity contribution is 0.577. The lowest BCUT2D eigenvalue weighted by atomic mass is 10.4. The second-order valence-electron chi connectivity index (χ2n) is 3.70. The van der Waals surface area contributed by atoms with E-state index in [2.05, 4.69) is 31.9 Å². The van der Waals surface area contributed by atoms with E-state index in [4.69, 9.17) is 10.2 Å². The summed E-state index contributed by atoms with van der Waals surface area (Å²) in [5, 5.41) is 7.14. The molecule has 0 aliphatic carbocycles. The number of rotatable bonds is 4. The quantitative estimate of drug-likeness (QED) is 0.670. The van der Waals surface area contributed by atoms with E-state index in [1.165, 1.54) is 4.52 Å². The number of anilines is 2. The maximum Gasteiger partial charge on any atom is 0.259 e. The van der Waals surface area contributed by atoms with Crippen molar-refractivity contribution in [3.8, 4) is 11.6 Å². The zero-order valence-electron chi connectivity index (χ0n) is 9.95. The van der Waals surface area contributed by atoms with Gasteiger partial charge in [-0.05, 0) is 12.1 Å². The molecular weight excluding hydrogens is 246 g/mol. The number of hydrogen-bond donors (Lipinski definition) is 2. The average molecular weight is 257 g/mol. The Morgan fingerprint density at radius 3 is 3.05 bits per heavy atom. The number of furan rings is 1. The minimum atomic E-state index is 0.196. The third-order valence-electron chi connectivity index (χ3n) is 2.38. The normalized spacial score (nSPS) is 10.7. The summed E-state index contributed by atoms with van der Waals surface area (Å²) in [7, 11) is 0. The van der Waals surface area contributed by atoms with Gasteiger partial charge in [-0.2, -0.15) is 19.5 Å². The van der Waals surface area contributed by atoms with Gasteiger partial charge in [-0.3, -0.25) is 0 Å². The number of aromatic nitrogens is 5. The minimum absolute atomic E-state index is 0.196. The van der Waals surface area contributed by atoms with Crippen molar-refractivity contribution in [2.24, 2.45) is 0 Å². The van der Waals surface area contributed by atoms with Gasteiger partial charge in [0.1, 0.15) is 0 Å². The number of hydrogen-bond acceptors (Lipinski definition) is 7. The van der Waals surface area contributed by atoms with Crippen LogP contribution in [0.25, 0.3) is 17.4 Å². The summed E-state index contributed by atoms with van der Waals surface area (Å²) in [6, 6.07) is 3.52. The summed E-state index contributed by atoms with van der Waals surface area (Å²) in [4.78, 5) is 12.5.